The lowest BCUT2D eigenvalue weighted by Gasteiger charge is -2.20. The fourth-order valence-electron chi connectivity index (χ4n) is 4.73. The third-order valence-corrected chi connectivity index (χ3v) is 6.15. The van der Waals surface area contributed by atoms with E-state index in [1.165, 1.54) is 49.2 Å². The van der Waals surface area contributed by atoms with E-state index in [4.69, 9.17) is 4.98 Å². The number of pyridine rings is 1. The molecule has 0 spiro atoms. The smallest absolute Gasteiger partial charge is 0.0808 e. The van der Waals surface area contributed by atoms with Gasteiger partial charge in [0.05, 0.1) is 16.6 Å². The molecular formula is C27H22N2. The molecule has 2 aromatic heterocycles. The summed E-state index contributed by atoms with van der Waals surface area (Å²) in [5.41, 5.74) is 6.20. The summed E-state index contributed by atoms with van der Waals surface area (Å²) in [6.07, 6.45) is 1.95. The van der Waals surface area contributed by atoms with Crippen LogP contribution in [0.25, 0.3) is 49.2 Å². The van der Waals surface area contributed by atoms with Gasteiger partial charge in [0.15, 0.2) is 0 Å². The van der Waals surface area contributed by atoms with E-state index in [1.807, 2.05) is 6.20 Å². The summed E-state index contributed by atoms with van der Waals surface area (Å²) >= 11 is 0. The summed E-state index contributed by atoms with van der Waals surface area (Å²) < 4.78 is 2.37. The first-order chi connectivity index (χ1) is 14.0. The van der Waals surface area contributed by atoms with Crippen LogP contribution in [-0.4, -0.2) is 9.55 Å². The maximum atomic E-state index is 4.85. The minimum atomic E-state index is 0.110. The fraction of sp³-hybridized carbons (Fsp3) is 0.148. The molecule has 0 bridgehead atoms. The number of para-hydroxylation sites is 1. The van der Waals surface area contributed by atoms with Gasteiger partial charge in [0.1, 0.15) is 0 Å². The van der Waals surface area contributed by atoms with Crippen molar-refractivity contribution in [2.45, 2.75) is 26.2 Å². The molecule has 0 aliphatic heterocycles. The van der Waals surface area contributed by atoms with Crippen molar-refractivity contribution in [1.82, 2.24) is 9.55 Å². The van der Waals surface area contributed by atoms with E-state index in [-0.39, 0.29) is 5.41 Å². The molecule has 0 amide bonds. The molecule has 0 unspecified atom stereocenters. The van der Waals surface area contributed by atoms with Crippen LogP contribution in [0.2, 0.25) is 0 Å². The first kappa shape index (κ1) is 16.6. The molecule has 0 fully saturated rings. The van der Waals surface area contributed by atoms with Crippen molar-refractivity contribution in [2.75, 3.05) is 0 Å². The van der Waals surface area contributed by atoms with E-state index in [0.717, 1.165) is 5.52 Å². The van der Waals surface area contributed by atoms with Crippen molar-refractivity contribution in [3.8, 4) is 5.69 Å². The lowest BCUT2D eigenvalue weighted by molar-refractivity contribution is 0.591. The quantitative estimate of drug-likeness (QED) is 0.278. The highest BCUT2D eigenvalue weighted by Gasteiger charge is 2.21. The predicted molar refractivity (Wildman–Crippen MR) is 123 cm³/mol. The number of benzene rings is 4. The summed E-state index contributed by atoms with van der Waals surface area (Å²) in [4.78, 5) is 4.85. The van der Waals surface area contributed by atoms with Gasteiger partial charge in [-0.15, -0.1) is 0 Å². The largest absolute Gasteiger partial charge is 0.309 e. The van der Waals surface area contributed by atoms with Crippen LogP contribution in [0.15, 0.2) is 79.0 Å². The van der Waals surface area contributed by atoms with Crippen LogP contribution >= 0.6 is 0 Å². The van der Waals surface area contributed by atoms with E-state index in [1.54, 1.807) is 0 Å². The number of hydrogen-bond donors (Lipinski definition) is 0. The second-order valence-electron chi connectivity index (χ2n) is 8.93. The van der Waals surface area contributed by atoms with Gasteiger partial charge in [-0.3, -0.25) is 4.98 Å². The molecule has 0 aliphatic rings. The van der Waals surface area contributed by atoms with Crippen molar-refractivity contribution < 1.29 is 0 Å². The zero-order chi connectivity index (χ0) is 19.8. The minimum Gasteiger partial charge on any atom is -0.309 e. The molecule has 2 heterocycles. The van der Waals surface area contributed by atoms with Gasteiger partial charge < -0.3 is 4.57 Å². The molecule has 0 saturated heterocycles. The monoisotopic (exact) mass is 374 g/mol. The summed E-state index contributed by atoms with van der Waals surface area (Å²) in [6.45, 7) is 6.82. The zero-order valence-electron chi connectivity index (χ0n) is 16.9. The van der Waals surface area contributed by atoms with Crippen molar-refractivity contribution >= 4 is 43.5 Å². The molecule has 0 N–H and O–H groups in total. The van der Waals surface area contributed by atoms with Crippen molar-refractivity contribution in [3.63, 3.8) is 0 Å². The molecule has 2 heteroatoms. The third-order valence-electron chi connectivity index (χ3n) is 6.15. The molecule has 6 rings (SSSR count). The number of nitrogens with zero attached hydrogens (tertiary/aromatic N) is 2. The number of aromatic nitrogens is 2. The highest BCUT2D eigenvalue weighted by Crippen LogP contribution is 2.43. The number of rotatable bonds is 1. The summed E-state index contributed by atoms with van der Waals surface area (Å²) in [6, 6.07) is 26.3. The first-order valence-electron chi connectivity index (χ1n) is 10.2. The maximum absolute atomic E-state index is 4.85. The Hall–Kier alpha value is -3.39. The number of hydrogen-bond acceptors (Lipinski definition) is 1. The summed E-state index contributed by atoms with van der Waals surface area (Å²) in [5, 5.41) is 6.41. The molecule has 0 aliphatic carbocycles. The zero-order valence-corrected chi connectivity index (χ0v) is 16.9. The van der Waals surface area contributed by atoms with Crippen LogP contribution in [0.1, 0.15) is 26.3 Å². The van der Waals surface area contributed by atoms with Crippen LogP contribution in [0, 0.1) is 0 Å². The molecule has 6 aromatic rings. The Morgan fingerprint density at radius 2 is 1.48 bits per heavy atom. The van der Waals surface area contributed by atoms with Crippen molar-refractivity contribution in [1.29, 1.82) is 0 Å². The van der Waals surface area contributed by atoms with Gasteiger partial charge in [-0.05, 0) is 52.1 Å². The van der Waals surface area contributed by atoms with E-state index >= 15 is 0 Å². The average Bonchev–Trinajstić information content (AvgIpc) is 3.08. The minimum absolute atomic E-state index is 0.110. The van der Waals surface area contributed by atoms with Gasteiger partial charge in [-0.1, -0.05) is 63.2 Å². The van der Waals surface area contributed by atoms with E-state index in [2.05, 4.69) is 98.1 Å². The Labute approximate surface area is 169 Å². The summed E-state index contributed by atoms with van der Waals surface area (Å²) in [7, 11) is 0. The van der Waals surface area contributed by atoms with E-state index < -0.39 is 0 Å². The van der Waals surface area contributed by atoms with Gasteiger partial charge in [-0.25, -0.2) is 0 Å². The molecule has 4 aromatic carbocycles. The van der Waals surface area contributed by atoms with Crippen LogP contribution in [0.5, 0.6) is 0 Å². The van der Waals surface area contributed by atoms with Gasteiger partial charge in [0.2, 0.25) is 0 Å². The maximum Gasteiger partial charge on any atom is 0.0808 e. The Balaban J connectivity index is 1.89. The second kappa shape index (κ2) is 5.57. The standard InChI is InChI=1S/C27H22N2/c1-27(2,3)17-12-13-20-21(16-17)19-10-7-11-22-24(19)25-23(14-15-28-26(20)25)29(22)18-8-5-4-6-9-18/h4-16H,1-3H3. The topological polar surface area (TPSA) is 17.8 Å². The van der Waals surface area contributed by atoms with Crippen LogP contribution in [-0.2, 0) is 5.41 Å². The Morgan fingerprint density at radius 1 is 0.690 bits per heavy atom. The van der Waals surface area contributed by atoms with Crippen molar-refractivity contribution in [3.05, 3.63) is 84.6 Å². The lowest BCUT2D eigenvalue weighted by atomic mass is 9.84. The van der Waals surface area contributed by atoms with Crippen LogP contribution < -0.4 is 0 Å². The Bertz CT molecular complexity index is 1520. The highest BCUT2D eigenvalue weighted by atomic mass is 15.0. The average molecular weight is 374 g/mol. The van der Waals surface area contributed by atoms with Gasteiger partial charge >= 0.3 is 0 Å². The predicted octanol–water partition coefficient (Wildman–Crippen LogP) is 7.22. The molecular weight excluding hydrogens is 352 g/mol. The Morgan fingerprint density at radius 3 is 2.28 bits per heavy atom. The Kier molecular flexibility index (Phi) is 3.18. The van der Waals surface area contributed by atoms with E-state index in [9.17, 15) is 0 Å². The summed E-state index contributed by atoms with van der Waals surface area (Å²) in [5.74, 6) is 0. The second-order valence-corrected chi connectivity index (χ2v) is 8.93. The first-order valence-corrected chi connectivity index (χ1v) is 10.2. The molecule has 2 nitrogen and oxygen atoms in total. The molecule has 0 radical (unpaired) electrons. The van der Waals surface area contributed by atoms with Crippen LogP contribution in [0.4, 0.5) is 0 Å². The molecule has 140 valence electrons. The van der Waals surface area contributed by atoms with Crippen LogP contribution in [0.3, 0.4) is 0 Å². The number of fused-ring (bicyclic) bond motifs is 3. The third kappa shape index (κ3) is 2.20. The molecule has 29 heavy (non-hydrogen) atoms. The van der Waals surface area contributed by atoms with Gasteiger partial charge in [-0.2, -0.15) is 0 Å². The van der Waals surface area contributed by atoms with E-state index in [0.29, 0.717) is 0 Å². The van der Waals surface area contributed by atoms with Gasteiger partial charge in [0, 0.05) is 28.0 Å². The SMILES string of the molecule is CC(C)(C)c1ccc2c(c1)c1cccc3c1c1c2nccc1n3-c1ccccc1. The highest BCUT2D eigenvalue weighted by molar-refractivity contribution is 6.33. The molecule has 0 saturated carbocycles. The molecule has 0 atom stereocenters. The van der Waals surface area contributed by atoms with Gasteiger partial charge in [0.25, 0.3) is 0 Å². The normalized spacial score (nSPS) is 12.7. The fourth-order valence-corrected chi connectivity index (χ4v) is 4.73. The lowest BCUT2D eigenvalue weighted by Crippen LogP contribution is -2.10. The van der Waals surface area contributed by atoms with Crippen molar-refractivity contribution in [2.24, 2.45) is 0 Å².